The molecule has 1 aromatic heterocycles. The van der Waals surface area contributed by atoms with Crippen LogP contribution in [0.3, 0.4) is 0 Å². The number of hydrogen-bond donors (Lipinski definition) is 1. The first-order valence-electron chi connectivity index (χ1n) is 6.06. The van der Waals surface area contributed by atoms with Crippen LogP contribution < -0.4 is 0 Å². The van der Waals surface area contributed by atoms with Gasteiger partial charge >= 0.3 is 5.97 Å². The van der Waals surface area contributed by atoms with Gasteiger partial charge in [0.1, 0.15) is 0 Å². The van der Waals surface area contributed by atoms with E-state index in [1.165, 1.54) is 0 Å². The van der Waals surface area contributed by atoms with Crippen molar-refractivity contribution in [2.45, 2.75) is 12.3 Å². The second-order valence-electron chi connectivity index (χ2n) is 4.62. The Morgan fingerprint density at radius 2 is 2.26 bits per heavy atom. The van der Waals surface area contributed by atoms with Crippen LogP contribution in [-0.2, 0) is 4.74 Å². The smallest absolute Gasteiger partial charge is 0.336 e. The summed E-state index contributed by atoms with van der Waals surface area (Å²) in [5, 5.41) is 10.4. The number of carboxylic acids is 1. The van der Waals surface area contributed by atoms with Crippen molar-refractivity contribution in [3.8, 4) is 0 Å². The molecule has 4 nitrogen and oxygen atoms in total. The number of fused-ring (bicyclic) bond motifs is 1. The van der Waals surface area contributed by atoms with Crippen LogP contribution in [0.25, 0.3) is 10.9 Å². The number of nitrogens with zero attached hydrogens (tertiary/aromatic N) is 1. The molecule has 1 aliphatic heterocycles. The SMILES string of the molecule is O=C(O)c1cc(C2CCOC2)nc2ccc(Cl)cc12. The van der Waals surface area contributed by atoms with Crippen molar-refractivity contribution in [3.63, 3.8) is 0 Å². The molecule has 2 heterocycles. The molecule has 0 aliphatic carbocycles. The number of carbonyl (C=O) groups is 1. The van der Waals surface area contributed by atoms with Gasteiger partial charge in [0.2, 0.25) is 0 Å². The van der Waals surface area contributed by atoms with Crippen LogP contribution in [0.15, 0.2) is 24.3 Å². The van der Waals surface area contributed by atoms with Crippen LogP contribution in [0, 0.1) is 0 Å². The predicted molar refractivity (Wildman–Crippen MR) is 71.9 cm³/mol. The van der Waals surface area contributed by atoms with Crippen molar-refractivity contribution in [3.05, 3.63) is 40.5 Å². The number of carboxylic acid groups (broad SMARTS) is 1. The average molecular weight is 278 g/mol. The van der Waals surface area contributed by atoms with Crippen molar-refractivity contribution >= 4 is 28.5 Å². The van der Waals surface area contributed by atoms with Gasteiger partial charge in [0.25, 0.3) is 0 Å². The summed E-state index contributed by atoms with van der Waals surface area (Å²) < 4.78 is 5.33. The van der Waals surface area contributed by atoms with Crippen molar-refractivity contribution in [1.82, 2.24) is 4.98 Å². The molecule has 5 heteroatoms. The molecular weight excluding hydrogens is 266 g/mol. The molecule has 1 aromatic carbocycles. The highest BCUT2D eigenvalue weighted by Crippen LogP contribution is 2.29. The predicted octanol–water partition coefficient (Wildman–Crippen LogP) is 3.09. The van der Waals surface area contributed by atoms with E-state index in [4.69, 9.17) is 16.3 Å². The minimum absolute atomic E-state index is 0.179. The number of rotatable bonds is 2. The molecule has 1 saturated heterocycles. The molecule has 1 unspecified atom stereocenters. The number of halogens is 1. The maximum Gasteiger partial charge on any atom is 0.336 e. The van der Waals surface area contributed by atoms with Crippen molar-refractivity contribution in [2.24, 2.45) is 0 Å². The number of pyridine rings is 1. The summed E-state index contributed by atoms with van der Waals surface area (Å²) in [5.74, 6) is -0.784. The summed E-state index contributed by atoms with van der Waals surface area (Å²) in [7, 11) is 0. The molecule has 1 N–H and O–H groups in total. The van der Waals surface area contributed by atoms with Crippen LogP contribution >= 0.6 is 11.6 Å². The van der Waals surface area contributed by atoms with Crippen LogP contribution in [0.4, 0.5) is 0 Å². The van der Waals surface area contributed by atoms with Gasteiger partial charge in [-0.2, -0.15) is 0 Å². The van der Waals surface area contributed by atoms with E-state index in [9.17, 15) is 9.90 Å². The average Bonchev–Trinajstić information content (AvgIpc) is 2.91. The number of ether oxygens (including phenoxy) is 1. The van der Waals surface area contributed by atoms with E-state index in [0.29, 0.717) is 29.1 Å². The summed E-state index contributed by atoms with van der Waals surface area (Å²) in [6.45, 7) is 1.30. The lowest BCUT2D eigenvalue weighted by Gasteiger charge is -2.11. The van der Waals surface area contributed by atoms with Gasteiger partial charge in [0.05, 0.1) is 17.7 Å². The second-order valence-corrected chi connectivity index (χ2v) is 5.06. The monoisotopic (exact) mass is 277 g/mol. The Balaban J connectivity index is 2.21. The minimum Gasteiger partial charge on any atom is -0.478 e. The molecule has 0 radical (unpaired) electrons. The van der Waals surface area contributed by atoms with Gasteiger partial charge in [-0.1, -0.05) is 11.6 Å². The largest absolute Gasteiger partial charge is 0.478 e. The summed E-state index contributed by atoms with van der Waals surface area (Å²) >= 11 is 5.92. The van der Waals surface area contributed by atoms with Gasteiger partial charge in [0.15, 0.2) is 0 Å². The normalized spacial score (nSPS) is 18.9. The van der Waals surface area contributed by atoms with Crippen molar-refractivity contribution in [2.75, 3.05) is 13.2 Å². The molecule has 0 amide bonds. The standard InChI is InChI=1S/C14H12ClNO3/c15-9-1-2-12-10(5-9)11(14(17)18)6-13(16-12)8-3-4-19-7-8/h1-2,5-6,8H,3-4,7H2,(H,17,18). The van der Waals surface area contributed by atoms with Crippen LogP contribution in [0.2, 0.25) is 5.02 Å². The Labute approximate surface area is 115 Å². The van der Waals surface area contributed by atoms with Crippen molar-refractivity contribution < 1.29 is 14.6 Å². The van der Waals surface area contributed by atoms with E-state index in [1.54, 1.807) is 24.3 Å². The van der Waals surface area contributed by atoms with E-state index in [2.05, 4.69) is 4.98 Å². The Morgan fingerprint density at radius 1 is 1.42 bits per heavy atom. The maximum absolute atomic E-state index is 11.4. The topological polar surface area (TPSA) is 59.4 Å². The Kier molecular flexibility index (Phi) is 3.12. The fourth-order valence-corrected chi connectivity index (χ4v) is 2.54. The highest BCUT2D eigenvalue weighted by Gasteiger charge is 2.22. The molecule has 98 valence electrons. The lowest BCUT2D eigenvalue weighted by atomic mass is 10.00. The first-order valence-corrected chi connectivity index (χ1v) is 6.44. The lowest BCUT2D eigenvalue weighted by molar-refractivity contribution is 0.0698. The molecule has 1 atom stereocenters. The zero-order valence-corrected chi connectivity index (χ0v) is 10.9. The third-order valence-electron chi connectivity index (χ3n) is 3.37. The van der Waals surface area contributed by atoms with Gasteiger partial charge in [-0.15, -0.1) is 0 Å². The molecule has 0 bridgehead atoms. The molecular formula is C14H12ClNO3. The van der Waals surface area contributed by atoms with Crippen LogP contribution in [0.1, 0.15) is 28.4 Å². The van der Waals surface area contributed by atoms with Crippen LogP contribution in [0.5, 0.6) is 0 Å². The molecule has 0 spiro atoms. The first kappa shape index (κ1) is 12.4. The summed E-state index contributed by atoms with van der Waals surface area (Å²) in [6.07, 6.45) is 0.880. The number of aromatic nitrogens is 1. The van der Waals surface area contributed by atoms with E-state index in [0.717, 1.165) is 12.1 Å². The van der Waals surface area contributed by atoms with E-state index in [1.807, 2.05) is 0 Å². The molecule has 2 aromatic rings. The van der Waals surface area contributed by atoms with Gasteiger partial charge in [-0.25, -0.2) is 4.79 Å². The highest BCUT2D eigenvalue weighted by molar-refractivity contribution is 6.31. The molecule has 3 rings (SSSR count). The molecule has 0 saturated carbocycles. The zero-order chi connectivity index (χ0) is 13.4. The fourth-order valence-electron chi connectivity index (χ4n) is 2.37. The fraction of sp³-hybridized carbons (Fsp3) is 0.286. The zero-order valence-electron chi connectivity index (χ0n) is 10.1. The van der Waals surface area contributed by atoms with Gasteiger partial charge in [0, 0.05) is 28.6 Å². The van der Waals surface area contributed by atoms with Gasteiger partial charge < -0.3 is 9.84 Å². The summed E-state index contributed by atoms with van der Waals surface area (Å²) in [4.78, 5) is 15.9. The quantitative estimate of drug-likeness (QED) is 0.916. The number of hydrogen-bond acceptors (Lipinski definition) is 3. The second kappa shape index (κ2) is 4.79. The van der Waals surface area contributed by atoms with Gasteiger partial charge in [-0.05, 0) is 30.7 Å². The van der Waals surface area contributed by atoms with Crippen molar-refractivity contribution in [1.29, 1.82) is 0 Å². The maximum atomic E-state index is 11.4. The third-order valence-corrected chi connectivity index (χ3v) is 3.60. The number of aromatic carboxylic acids is 1. The van der Waals surface area contributed by atoms with E-state index in [-0.39, 0.29) is 11.5 Å². The molecule has 1 fully saturated rings. The number of benzene rings is 1. The Morgan fingerprint density at radius 3 is 2.95 bits per heavy atom. The Hall–Kier alpha value is -1.65. The summed E-state index contributed by atoms with van der Waals surface area (Å²) in [6, 6.07) is 6.75. The minimum atomic E-state index is -0.963. The Bertz CT molecular complexity index is 650. The first-order chi connectivity index (χ1) is 9.15. The third kappa shape index (κ3) is 2.29. The highest BCUT2D eigenvalue weighted by atomic mass is 35.5. The molecule has 1 aliphatic rings. The molecule has 19 heavy (non-hydrogen) atoms. The van der Waals surface area contributed by atoms with E-state index < -0.39 is 5.97 Å². The summed E-state index contributed by atoms with van der Waals surface area (Å²) in [5.41, 5.74) is 1.69. The van der Waals surface area contributed by atoms with E-state index >= 15 is 0 Å². The lowest BCUT2D eigenvalue weighted by Crippen LogP contribution is -2.06. The van der Waals surface area contributed by atoms with Gasteiger partial charge in [-0.3, -0.25) is 4.98 Å². The van der Waals surface area contributed by atoms with Crippen LogP contribution in [-0.4, -0.2) is 29.3 Å².